The molecule has 0 radical (unpaired) electrons. The van der Waals surface area contributed by atoms with Crippen LogP contribution < -0.4 is 5.73 Å². The van der Waals surface area contributed by atoms with Crippen molar-refractivity contribution in [3.05, 3.63) is 41.6 Å². The normalized spacial score (nSPS) is 10.4. The largest absolute Gasteiger partial charge is 0.384 e. The number of aromatic nitrogens is 3. The first-order valence-corrected chi connectivity index (χ1v) is 4.91. The predicted octanol–water partition coefficient (Wildman–Crippen LogP) is 1.17. The van der Waals surface area contributed by atoms with Gasteiger partial charge in [-0.25, -0.2) is 9.97 Å². The Kier molecular flexibility index (Phi) is 2.44. The van der Waals surface area contributed by atoms with E-state index in [4.69, 9.17) is 11.1 Å². The highest BCUT2D eigenvalue weighted by Gasteiger charge is 2.06. The molecule has 2 rings (SSSR count). The molecule has 5 nitrogen and oxygen atoms in total. The van der Waals surface area contributed by atoms with Crippen molar-refractivity contribution in [3.8, 4) is 5.82 Å². The summed E-state index contributed by atoms with van der Waals surface area (Å²) in [7, 11) is 0. The van der Waals surface area contributed by atoms with Gasteiger partial charge in [0.15, 0.2) is 0 Å². The number of hydrogen-bond donors (Lipinski definition) is 2. The van der Waals surface area contributed by atoms with Crippen LogP contribution in [0.25, 0.3) is 5.82 Å². The fourth-order valence-electron chi connectivity index (χ4n) is 1.55. The number of pyridine rings is 1. The Morgan fingerprint density at radius 1 is 1.38 bits per heavy atom. The number of nitrogens with zero attached hydrogens (tertiary/aromatic N) is 3. The molecule has 0 bridgehead atoms. The predicted molar refractivity (Wildman–Crippen MR) is 61.8 cm³/mol. The highest BCUT2D eigenvalue weighted by Crippen LogP contribution is 2.11. The highest BCUT2D eigenvalue weighted by atomic mass is 15.1. The first kappa shape index (κ1) is 10.4. The van der Waals surface area contributed by atoms with Crippen LogP contribution in [0.1, 0.15) is 17.1 Å². The molecule has 82 valence electrons. The number of nitrogens with one attached hydrogen (secondary N) is 1. The number of rotatable bonds is 2. The van der Waals surface area contributed by atoms with E-state index in [1.807, 2.05) is 24.6 Å². The number of nitrogens with two attached hydrogens (primary N) is 1. The summed E-state index contributed by atoms with van der Waals surface area (Å²) in [6.45, 7) is 3.78. The molecule has 0 aliphatic carbocycles. The summed E-state index contributed by atoms with van der Waals surface area (Å²) in [6, 6.07) is 3.57. The maximum atomic E-state index is 7.43. The van der Waals surface area contributed by atoms with Crippen molar-refractivity contribution in [1.29, 1.82) is 5.41 Å². The third kappa shape index (κ3) is 1.79. The van der Waals surface area contributed by atoms with Gasteiger partial charge in [-0.05, 0) is 26.0 Å². The Morgan fingerprint density at radius 3 is 2.69 bits per heavy atom. The molecule has 0 spiro atoms. The van der Waals surface area contributed by atoms with Crippen molar-refractivity contribution in [2.24, 2.45) is 5.73 Å². The maximum Gasteiger partial charge on any atom is 0.139 e. The smallest absolute Gasteiger partial charge is 0.139 e. The summed E-state index contributed by atoms with van der Waals surface area (Å²) >= 11 is 0. The lowest BCUT2D eigenvalue weighted by molar-refractivity contribution is 0.921. The molecule has 5 heteroatoms. The van der Waals surface area contributed by atoms with Gasteiger partial charge in [0.05, 0.1) is 0 Å². The molecule has 3 N–H and O–H groups in total. The van der Waals surface area contributed by atoms with Crippen LogP contribution >= 0.6 is 0 Å². The van der Waals surface area contributed by atoms with Gasteiger partial charge in [-0.2, -0.15) is 0 Å². The van der Waals surface area contributed by atoms with Crippen LogP contribution in [0.15, 0.2) is 24.5 Å². The minimum atomic E-state index is 0.0459. The Hall–Kier alpha value is -2.17. The van der Waals surface area contributed by atoms with E-state index in [2.05, 4.69) is 9.97 Å². The van der Waals surface area contributed by atoms with E-state index in [1.165, 1.54) is 0 Å². The van der Waals surface area contributed by atoms with Crippen molar-refractivity contribution in [1.82, 2.24) is 14.5 Å². The van der Waals surface area contributed by atoms with Gasteiger partial charge in [-0.3, -0.25) is 9.98 Å². The summed E-state index contributed by atoms with van der Waals surface area (Å²) in [5, 5.41) is 7.43. The van der Waals surface area contributed by atoms with E-state index in [1.54, 1.807) is 18.3 Å². The Balaban J connectivity index is 2.58. The molecule has 0 amide bonds. The second-order valence-corrected chi connectivity index (χ2v) is 3.61. The van der Waals surface area contributed by atoms with Gasteiger partial charge in [-0.15, -0.1) is 0 Å². The number of imidazole rings is 1. The first-order valence-electron chi connectivity index (χ1n) is 4.91. The fraction of sp³-hybridized carbons (Fsp3) is 0.182. The molecule has 0 saturated heterocycles. The first-order chi connectivity index (χ1) is 7.58. The highest BCUT2D eigenvalue weighted by molar-refractivity contribution is 5.95. The van der Waals surface area contributed by atoms with Crippen LogP contribution in [0.4, 0.5) is 0 Å². The third-order valence-corrected chi connectivity index (χ3v) is 2.32. The van der Waals surface area contributed by atoms with Crippen LogP contribution in [0.5, 0.6) is 0 Å². The molecule has 0 unspecified atom stereocenters. The number of aryl methyl sites for hydroxylation is 2. The monoisotopic (exact) mass is 215 g/mol. The van der Waals surface area contributed by atoms with Crippen LogP contribution in [-0.4, -0.2) is 20.4 Å². The Labute approximate surface area is 93.5 Å². The second kappa shape index (κ2) is 3.77. The molecule has 2 aromatic heterocycles. The van der Waals surface area contributed by atoms with Gasteiger partial charge in [0.1, 0.15) is 17.5 Å². The quantitative estimate of drug-likeness (QED) is 0.582. The summed E-state index contributed by atoms with van der Waals surface area (Å²) in [5.74, 6) is 1.64. The standard InChI is InChI=1S/C11H13N5/c1-7-5-9(11(12)13)6-10(15-7)16-4-3-14-8(16)2/h3-6H,1-2H3,(H3,12,13). The molecular formula is C11H13N5. The minimum absolute atomic E-state index is 0.0459. The molecular weight excluding hydrogens is 202 g/mol. The van der Waals surface area contributed by atoms with Crippen molar-refractivity contribution in [3.63, 3.8) is 0 Å². The van der Waals surface area contributed by atoms with Crippen LogP contribution in [-0.2, 0) is 0 Å². The average Bonchev–Trinajstić information content (AvgIpc) is 2.63. The molecule has 16 heavy (non-hydrogen) atoms. The molecule has 2 aromatic rings. The van der Waals surface area contributed by atoms with E-state index in [0.29, 0.717) is 5.56 Å². The molecule has 0 aromatic carbocycles. The maximum absolute atomic E-state index is 7.43. The number of nitrogen functional groups attached to an aromatic ring is 1. The van der Waals surface area contributed by atoms with E-state index < -0.39 is 0 Å². The van der Waals surface area contributed by atoms with Crippen LogP contribution in [0, 0.1) is 19.3 Å². The minimum Gasteiger partial charge on any atom is -0.384 e. The average molecular weight is 215 g/mol. The molecule has 2 heterocycles. The second-order valence-electron chi connectivity index (χ2n) is 3.61. The van der Waals surface area contributed by atoms with Gasteiger partial charge >= 0.3 is 0 Å². The summed E-state index contributed by atoms with van der Waals surface area (Å²) < 4.78 is 1.86. The lowest BCUT2D eigenvalue weighted by atomic mass is 10.2. The zero-order valence-electron chi connectivity index (χ0n) is 9.23. The van der Waals surface area contributed by atoms with E-state index in [-0.39, 0.29) is 5.84 Å². The third-order valence-electron chi connectivity index (χ3n) is 2.32. The lowest BCUT2D eigenvalue weighted by Gasteiger charge is -2.07. The van der Waals surface area contributed by atoms with Gasteiger partial charge in [0, 0.05) is 23.7 Å². The zero-order chi connectivity index (χ0) is 11.7. The van der Waals surface area contributed by atoms with E-state index in [0.717, 1.165) is 17.3 Å². The molecule has 0 fully saturated rings. The molecule has 0 aliphatic heterocycles. The van der Waals surface area contributed by atoms with Crippen molar-refractivity contribution in [2.75, 3.05) is 0 Å². The van der Waals surface area contributed by atoms with Crippen molar-refractivity contribution < 1.29 is 0 Å². The van der Waals surface area contributed by atoms with E-state index >= 15 is 0 Å². The Morgan fingerprint density at radius 2 is 2.12 bits per heavy atom. The van der Waals surface area contributed by atoms with Crippen molar-refractivity contribution in [2.45, 2.75) is 13.8 Å². The molecule has 0 saturated carbocycles. The Bertz CT molecular complexity index is 541. The van der Waals surface area contributed by atoms with E-state index in [9.17, 15) is 0 Å². The summed E-state index contributed by atoms with van der Waals surface area (Å²) in [6.07, 6.45) is 3.55. The zero-order valence-corrected chi connectivity index (χ0v) is 9.23. The van der Waals surface area contributed by atoms with Gasteiger partial charge < -0.3 is 5.73 Å². The molecule has 0 atom stereocenters. The topological polar surface area (TPSA) is 80.6 Å². The summed E-state index contributed by atoms with van der Waals surface area (Å²) in [5.41, 5.74) is 6.98. The fourth-order valence-corrected chi connectivity index (χ4v) is 1.55. The SMILES string of the molecule is Cc1cc(C(=N)N)cc(-n2ccnc2C)n1. The number of hydrogen-bond acceptors (Lipinski definition) is 3. The molecule has 0 aliphatic rings. The van der Waals surface area contributed by atoms with Crippen molar-refractivity contribution >= 4 is 5.84 Å². The van der Waals surface area contributed by atoms with Crippen LogP contribution in [0.3, 0.4) is 0 Å². The van der Waals surface area contributed by atoms with Gasteiger partial charge in [0.2, 0.25) is 0 Å². The summed E-state index contributed by atoms with van der Waals surface area (Å²) in [4.78, 5) is 8.53. The number of amidine groups is 1. The van der Waals surface area contributed by atoms with Gasteiger partial charge in [0.25, 0.3) is 0 Å². The lowest BCUT2D eigenvalue weighted by Crippen LogP contribution is -2.13. The van der Waals surface area contributed by atoms with Crippen LogP contribution in [0.2, 0.25) is 0 Å². The van der Waals surface area contributed by atoms with Gasteiger partial charge in [-0.1, -0.05) is 0 Å².